The minimum Gasteiger partial charge on any atom is -0.303 e. The van der Waals surface area contributed by atoms with E-state index in [1.807, 2.05) is 0 Å². The molecule has 2 nitrogen and oxygen atoms in total. The molecule has 0 fully saturated rings. The fraction of sp³-hybridized carbons (Fsp3) is 0.938. The van der Waals surface area contributed by atoms with Crippen LogP contribution in [0.25, 0.3) is 0 Å². The van der Waals surface area contributed by atoms with Crippen molar-refractivity contribution in [3.63, 3.8) is 0 Å². The topological polar surface area (TPSA) is 20.3 Å². The van der Waals surface area contributed by atoms with Gasteiger partial charge in [0, 0.05) is 24.5 Å². The summed E-state index contributed by atoms with van der Waals surface area (Å²) >= 11 is 0. The first-order valence-corrected chi connectivity index (χ1v) is 7.68. The van der Waals surface area contributed by atoms with Gasteiger partial charge < -0.3 is 4.79 Å². The molecule has 0 spiro atoms. The fourth-order valence-electron chi connectivity index (χ4n) is 2.70. The summed E-state index contributed by atoms with van der Waals surface area (Å²) in [5, 5.41) is 0. The van der Waals surface area contributed by atoms with Crippen molar-refractivity contribution in [3.05, 3.63) is 0 Å². The highest BCUT2D eigenvalue weighted by molar-refractivity contribution is 5.59. The van der Waals surface area contributed by atoms with E-state index in [1.165, 1.54) is 19.1 Å². The van der Waals surface area contributed by atoms with E-state index in [9.17, 15) is 4.79 Å². The molecule has 0 aliphatic heterocycles. The van der Waals surface area contributed by atoms with Crippen molar-refractivity contribution in [1.82, 2.24) is 4.90 Å². The number of rotatable bonds is 10. The number of hydrogen-bond donors (Lipinski definition) is 0. The highest BCUT2D eigenvalue weighted by Crippen LogP contribution is 2.27. The van der Waals surface area contributed by atoms with Crippen molar-refractivity contribution >= 4 is 6.29 Å². The van der Waals surface area contributed by atoms with E-state index < -0.39 is 0 Å². The first kappa shape index (κ1) is 17.6. The fourth-order valence-corrected chi connectivity index (χ4v) is 2.70. The van der Waals surface area contributed by atoms with Crippen LogP contribution < -0.4 is 0 Å². The lowest BCUT2D eigenvalue weighted by Gasteiger charge is -2.38. The molecule has 0 radical (unpaired) electrons. The maximum Gasteiger partial charge on any atom is 0.127 e. The van der Waals surface area contributed by atoms with Gasteiger partial charge in [0.1, 0.15) is 6.29 Å². The van der Waals surface area contributed by atoms with Crippen LogP contribution in [0.15, 0.2) is 0 Å². The molecule has 108 valence electrons. The lowest BCUT2D eigenvalue weighted by atomic mass is 9.82. The Hall–Kier alpha value is -0.370. The summed E-state index contributed by atoms with van der Waals surface area (Å²) in [6.45, 7) is 15.3. The minimum atomic E-state index is -0.141. The molecule has 0 rings (SSSR count). The Bertz CT molecular complexity index is 217. The first-order chi connectivity index (χ1) is 8.48. The van der Waals surface area contributed by atoms with Crippen LogP contribution in [-0.2, 0) is 4.79 Å². The molecule has 2 heteroatoms. The van der Waals surface area contributed by atoms with Gasteiger partial charge in [-0.25, -0.2) is 0 Å². The Kier molecular flexibility index (Phi) is 8.51. The quantitative estimate of drug-likeness (QED) is 0.547. The number of hydrogen-bond acceptors (Lipinski definition) is 2. The molecule has 0 atom stereocenters. The van der Waals surface area contributed by atoms with Crippen LogP contribution in [0, 0.1) is 11.3 Å². The lowest BCUT2D eigenvalue weighted by molar-refractivity contribution is -0.118. The molecule has 0 aromatic heterocycles. The second-order valence-corrected chi connectivity index (χ2v) is 5.98. The highest BCUT2D eigenvalue weighted by atomic mass is 16.1. The van der Waals surface area contributed by atoms with E-state index in [0.717, 1.165) is 25.9 Å². The molecule has 18 heavy (non-hydrogen) atoms. The van der Waals surface area contributed by atoms with Gasteiger partial charge in [0.2, 0.25) is 0 Å². The number of carbonyl (C=O) groups excluding carboxylic acids is 1. The Balaban J connectivity index is 4.90. The zero-order chi connectivity index (χ0) is 14.2. The van der Waals surface area contributed by atoms with Gasteiger partial charge in [-0.05, 0) is 31.6 Å². The average molecular weight is 255 g/mol. The van der Waals surface area contributed by atoms with Crippen LogP contribution in [0.3, 0.4) is 0 Å². The molecule has 0 saturated carbocycles. The zero-order valence-corrected chi connectivity index (χ0v) is 13.3. The second kappa shape index (κ2) is 8.68. The first-order valence-electron chi connectivity index (χ1n) is 7.68. The van der Waals surface area contributed by atoms with Gasteiger partial charge in [-0.1, -0.05) is 41.5 Å². The maximum absolute atomic E-state index is 11.5. The molecule has 0 aliphatic carbocycles. The SMILES string of the molecule is CCC(CC)N(CC(C)C)CC(C=O)(CC)CC. The van der Waals surface area contributed by atoms with Gasteiger partial charge in [0.05, 0.1) is 0 Å². The minimum absolute atomic E-state index is 0.141. The normalized spacial score (nSPS) is 12.7. The van der Waals surface area contributed by atoms with E-state index in [2.05, 4.69) is 46.4 Å². The average Bonchev–Trinajstić information content (AvgIpc) is 2.36. The monoisotopic (exact) mass is 255 g/mol. The third-order valence-corrected chi connectivity index (χ3v) is 4.23. The van der Waals surface area contributed by atoms with Gasteiger partial charge in [-0.3, -0.25) is 4.90 Å². The summed E-state index contributed by atoms with van der Waals surface area (Å²) in [4.78, 5) is 14.0. The van der Waals surface area contributed by atoms with Gasteiger partial charge in [0.15, 0.2) is 0 Å². The third kappa shape index (κ3) is 5.09. The van der Waals surface area contributed by atoms with E-state index in [0.29, 0.717) is 12.0 Å². The Morgan fingerprint density at radius 3 is 1.83 bits per heavy atom. The Morgan fingerprint density at radius 1 is 1.06 bits per heavy atom. The highest BCUT2D eigenvalue weighted by Gasteiger charge is 2.30. The number of carbonyl (C=O) groups is 1. The lowest BCUT2D eigenvalue weighted by Crippen LogP contribution is -2.45. The van der Waals surface area contributed by atoms with E-state index in [4.69, 9.17) is 0 Å². The Labute approximate surface area is 114 Å². The van der Waals surface area contributed by atoms with Crippen LogP contribution in [0.2, 0.25) is 0 Å². The summed E-state index contributed by atoms with van der Waals surface area (Å²) in [7, 11) is 0. The standard InChI is InChI=1S/C16H33NO/c1-7-15(8-2)17(11-14(5)6)12-16(9-3,10-4)13-18/h13-15H,7-12H2,1-6H3. The molecule has 0 amide bonds. The molecule has 0 aliphatic rings. The van der Waals surface area contributed by atoms with Crippen LogP contribution >= 0.6 is 0 Å². The van der Waals surface area contributed by atoms with Crippen molar-refractivity contribution in [3.8, 4) is 0 Å². The summed E-state index contributed by atoms with van der Waals surface area (Å²) < 4.78 is 0. The predicted molar refractivity (Wildman–Crippen MR) is 79.9 cm³/mol. The summed E-state index contributed by atoms with van der Waals surface area (Å²) in [5.41, 5.74) is -0.141. The molecular formula is C16H33NO. The van der Waals surface area contributed by atoms with Gasteiger partial charge in [0.25, 0.3) is 0 Å². The Morgan fingerprint density at radius 2 is 1.56 bits per heavy atom. The van der Waals surface area contributed by atoms with Crippen LogP contribution in [-0.4, -0.2) is 30.3 Å². The summed E-state index contributed by atoms with van der Waals surface area (Å²) in [6.07, 6.45) is 5.43. The van der Waals surface area contributed by atoms with Gasteiger partial charge >= 0.3 is 0 Å². The summed E-state index contributed by atoms with van der Waals surface area (Å²) in [5.74, 6) is 0.656. The van der Waals surface area contributed by atoms with E-state index >= 15 is 0 Å². The summed E-state index contributed by atoms with van der Waals surface area (Å²) in [6, 6.07) is 0.616. The maximum atomic E-state index is 11.5. The van der Waals surface area contributed by atoms with E-state index in [1.54, 1.807) is 0 Å². The third-order valence-electron chi connectivity index (χ3n) is 4.23. The van der Waals surface area contributed by atoms with Crippen molar-refractivity contribution < 1.29 is 4.79 Å². The molecule has 0 aromatic rings. The van der Waals surface area contributed by atoms with Crippen LogP contribution in [0.5, 0.6) is 0 Å². The van der Waals surface area contributed by atoms with Crippen molar-refractivity contribution in [1.29, 1.82) is 0 Å². The van der Waals surface area contributed by atoms with Crippen LogP contribution in [0.1, 0.15) is 67.2 Å². The second-order valence-electron chi connectivity index (χ2n) is 5.98. The number of nitrogens with zero attached hydrogens (tertiary/aromatic N) is 1. The van der Waals surface area contributed by atoms with Crippen molar-refractivity contribution in [2.75, 3.05) is 13.1 Å². The molecular weight excluding hydrogens is 222 g/mol. The predicted octanol–water partition coefficient (Wildman–Crippen LogP) is 4.14. The molecule has 0 heterocycles. The smallest absolute Gasteiger partial charge is 0.127 e. The van der Waals surface area contributed by atoms with Gasteiger partial charge in [-0.2, -0.15) is 0 Å². The van der Waals surface area contributed by atoms with Crippen molar-refractivity contribution in [2.45, 2.75) is 73.3 Å². The zero-order valence-electron chi connectivity index (χ0n) is 13.3. The number of aldehydes is 1. The van der Waals surface area contributed by atoms with Crippen molar-refractivity contribution in [2.24, 2.45) is 11.3 Å². The molecule has 0 saturated heterocycles. The molecule has 0 unspecified atom stereocenters. The molecule has 0 aromatic carbocycles. The molecule has 0 bridgehead atoms. The van der Waals surface area contributed by atoms with Crippen LogP contribution in [0.4, 0.5) is 0 Å². The largest absolute Gasteiger partial charge is 0.303 e. The van der Waals surface area contributed by atoms with Gasteiger partial charge in [-0.15, -0.1) is 0 Å². The molecule has 0 N–H and O–H groups in total. The van der Waals surface area contributed by atoms with E-state index in [-0.39, 0.29) is 5.41 Å².